The third-order valence-corrected chi connectivity index (χ3v) is 4.77. The van der Waals surface area contributed by atoms with E-state index in [4.69, 9.17) is 9.26 Å². The van der Waals surface area contributed by atoms with Gasteiger partial charge in [-0.3, -0.25) is 14.4 Å². The fourth-order valence-corrected chi connectivity index (χ4v) is 3.14. The molecule has 1 atom stereocenters. The van der Waals surface area contributed by atoms with Gasteiger partial charge < -0.3 is 25.2 Å². The van der Waals surface area contributed by atoms with Crippen molar-refractivity contribution in [3.63, 3.8) is 0 Å². The highest BCUT2D eigenvalue weighted by molar-refractivity contribution is 6.09. The fraction of sp³-hybridized carbons (Fsp3) is 0.227. The second-order valence-electron chi connectivity index (χ2n) is 7.08. The Morgan fingerprint density at radius 2 is 1.88 bits per heavy atom. The Kier molecular flexibility index (Phi) is 6.40. The highest BCUT2D eigenvalue weighted by Gasteiger charge is 2.27. The Labute approximate surface area is 183 Å². The third-order valence-electron chi connectivity index (χ3n) is 4.77. The summed E-state index contributed by atoms with van der Waals surface area (Å²) in [4.78, 5) is 41.1. The van der Waals surface area contributed by atoms with Crippen LogP contribution in [0.15, 0.2) is 59.1 Å². The summed E-state index contributed by atoms with van der Waals surface area (Å²) in [6.45, 7) is 0.187. The van der Waals surface area contributed by atoms with E-state index in [-0.39, 0.29) is 49.6 Å². The van der Waals surface area contributed by atoms with Gasteiger partial charge >= 0.3 is 0 Å². The second kappa shape index (κ2) is 9.73. The first-order valence-electron chi connectivity index (χ1n) is 10.1. The van der Waals surface area contributed by atoms with E-state index in [1.165, 1.54) is 0 Å². The van der Waals surface area contributed by atoms with Crippen LogP contribution in [0.1, 0.15) is 34.9 Å². The Bertz CT molecular complexity index is 1110. The van der Waals surface area contributed by atoms with E-state index in [9.17, 15) is 14.4 Å². The lowest BCUT2D eigenvalue weighted by Gasteiger charge is -2.14. The molecule has 2 aromatic carbocycles. The van der Waals surface area contributed by atoms with Crippen molar-refractivity contribution >= 4 is 23.4 Å². The molecule has 0 bridgehead atoms. The molecule has 0 spiro atoms. The van der Waals surface area contributed by atoms with E-state index in [0.29, 0.717) is 22.8 Å². The van der Waals surface area contributed by atoms with Crippen LogP contribution in [0.2, 0.25) is 0 Å². The summed E-state index contributed by atoms with van der Waals surface area (Å²) in [6.07, 6.45) is 0.185. The van der Waals surface area contributed by atoms with Gasteiger partial charge in [0.15, 0.2) is 6.61 Å². The number of aromatic nitrogens is 2. The molecule has 32 heavy (non-hydrogen) atoms. The topological polar surface area (TPSA) is 135 Å². The molecule has 3 N–H and O–H groups in total. The molecule has 164 valence electrons. The average molecular weight is 435 g/mol. The van der Waals surface area contributed by atoms with Crippen molar-refractivity contribution in [1.82, 2.24) is 20.8 Å². The number of para-hydroxylation sites is 2. The zero-order valence-corrected chi connectivity index (χ0v) is 17.0. The largest absolute Gasteiger partial charge is 0.485 e. The molecule has 1 aromatic heterocycles. The maximum atomic E-state index is 12.4. The zero-order valence-electron chi connectivity index (χ0n) is 17.0. The highest BCUT2D eigenvalue weighted by Crippen LogP contribution is 2.19. The molecule has 10 heteroatoms. The number of fused-ring (bicyclic) bond motifs is 1. The van der Waals surface area contributed by atoms with Crippen LogP contribution in [-0.2, 0) is 22.7 Å². The van der Waals surface area contributed by atoms with E-state index in [0.717, 1.165) is 0 Å². The van der Waals surface area contributed by atoms with Crippen molar-refractivity contribution in [2.24, 2.45) is 0 Å². The summed E-state index contributed by atoms with van der Waals surface area (Å²) < 4.78 is 10.6. The van der Waals surface area contributed by atoms with Gasteiger partial charge in [-0.05, 0) is 30.7 Å². The quantitative estimate of drug-likeness (QED) is 0.491. The third kappa shape index (κ3) is 5.28. The molecule has 1 aliphatic rings. The summed E-state index contributed by atoms with van der Waals surface area (Å²) in [6, 6.07) is 15.2. The van der Waals surface area contributed by atoms with Crippen molar-refractivity contribution < 1.29 is 23.6 Å². The van der Waals surface area contributed by atoms with Crippen molar-refractivity contribution in [2.45, 2.75) is 32.0 Å². The first-order valence-corrected chi connectivity index (χ1v) is 10.1. The predicted molar refractivity (Wildman–Crippen MR) is 112 cm³/mol. The molecule has 0 radical (unpaired) electrons. The van der Waals surface area contributed by atoms with Crippen LogP contribution in [-0.4, -0.2) is 33.9 Å². The normalized spacial score (nSPS) is 15.2. The van der Waals surface area contributed by atoms with Crippen LogP contribution in [0.3, 0.4) is 0 Å². The van der Waals surface area contributed by atoms with Gasteiger partial charge in [0.1, 0.15) is 11.8 Å². The number of nitrogens with one attached hydrogen (secondary N) is 3. The number of hydrogen-bond donors (Lipinski definition) is 3. The minimum absolute atomic E-state index is 0.0345. The van der Waals surface area contributed by atoms with Crippen molar-refractivity contribution in [2.75, 3.05) is 5.32 Å². The van der Waals surface area contributed by atoms with E-state index in [1.807, 2.05) is 30.3 Å². The lowest BCUT2D eigenvalue weighted by molar-refractivity contribution is -0.122. The van der Waals surface area contributed by atoms with Crippen LogP contribution in [0.25, 0.3) is 0 Å². The van der Waals surface area contributed by atoms with Crippen LogP contribution in [0.5, 0.6) is 5.75 Å². The SMILES string of the molecule is O=C(CC[C@@H]1NC(=O)c2ccccc2NC1=O)NCc1nc(COc2ccccc2)no1. The van der Waals surface area contributed by atoms with Crippen molar-refractivity contribution in [3.8, 4) is 5.75 Å². The number of rotatable bonds is 8. The maximum Gasteiger partial charge on any atom is 0.254 e. The lowest BCUT2D eigenvalue weighted by Crippen LogP contribution is -2.42. The minimum Gasteiger partial charge on any atom is -0.485 e. The monoisotopic (exact) mass is 435 g/mol. The van der Waals surface area contributed by atoms with Crippen LogP contribution < -0.4 is 20.7 Å². The zero-order chi connectivity index (χ0) is 22.3. The Hall–Kier alpha value is -4.21. The van der Waals surface area contributed by atoms with Crippen LogP contribution >= 0.6 is 0 Å². The Morgan fingerprint density at radius 1 is 1.09 bits per heavy atom. The molecule has 0 unspecified atom stereocenters. The van der Waals surface area contributed by atoms with E-state index in [1.54, 1.807) is 24.3 Å². The lowest BCUT2D eigenvalue weighted by atomic mass is 10.1. The standard InChI is InChI=1S/C22H21N5O5/c28-19(11-10-17-22(30)24-16-9-5-4-8-15(16)21(29)25-17)23-12-20-26-18(27-32-20)13-31-14-6-2-1-3-7-14/h1-9,17H,10-13H2,(H,23,28)(H,24,30)(H,25,29)/t17-/m0/s1. The van der Waals surface area contributed by atoms with Crippen molar-refractivity contribution in [3.05, 3.63) is 71.9 Å². The molecule has 3 amide bonds. The van der Waals surface area contributed by atoms with Gasteiger partial charge in [0.05, 0.1) is 17.8 Å². The molecular formula is C22H21N5O5. The molecule has 1 aliphatic heterocycles. The first-order chi connectivity index (χ1) is 15.6. The highest BCUT2D eigenvalue weighted by atomic mass is 16.5. The van der Waals surface area contributed by atoms with Gasteiger partial charge in [-0.1, -0.05) is 35.5 Å². The average Bonchev–Trinajstić information content (AvgIpc) is 3.23. The second-order valence-corrected chi connectivity index (χ2v) is 7.08. The smallest absolute Gasteiger partial charge is 0.254 e. The summed E-state index contributed by atoms with van der Waals surface area (Å²) in [7, 11) is 0. The number of anilines is 1. The predicted octanol–water partition coefficient (Wildman–Crippen LogP) is 1.80. The molecule has 3 aromatic rings. The first kappa shape index (κ1) is 21.0. The molecule has 0 saturated carbocycles. The van der Waals surface area contributed by atoms with Crippen LogP contribution in [0.4, 0.5) is 5.69 Å². The summed E-state index contributed by atoms with van der Waals surface area (Å²) in [5.41, 5.74) is 0.835. The van der Waals surface area contributed by atoms with E-state index in [2.05, 4.69) is 26.1 Å². The molecule has 0 fully saturated rings. The Morgan fingerprint density at radius 3 is 2.72 bits per heavy atom. The van der Waals surface area contributed by atoms with Gasteiger partial charge in [-0.15, -0.1) is 0 Å². The van der Waals surface area contributed by atoms with E-state index < -0.39 is 6.04 Å². The van der Waals surface area contributed by atoms with Crippen molar-refractivity contribution in [1.29, 1.82) is 0 Å². The van der Waals surface area contributed by atoms with Gasteiger partial charge in [-0.2, -0.15) is 4.98 Å². The number of hydrogen-bond acceptors (Lipinski definition) is 7. The minimum atomic E-state index is -0.814. The molecule has 0 saturated heterocycles. The summed E-state index contributed by atoms with van der Waals surface area (Å²) in [5.74, 6) is 0.243. The van der Waals surface area contributed by atoms with Gasteiger partial charge in [-0.25, -0.2) is 0 Å². The number of benzene rings is 2. The molecular weight excluding hydrogens is 414 g/mol. The molecule has 0 aliphatic carbocycles. The molecule has 4 rings (SSSR count). The van der Waals surface area contributed by atoms with Gasteiger partial charge in [0.25, 0.3) is 5.91 Å². The molecule has 2 heterocycles. The van der Waals surface area contributed by atoms with Crippen LogP contribution in [0, 0.1) is 0 Å². The number of carbonyl (C=O) groups excluding carboxylic acids is 3. The van der Waals surface area contributed by atoms with Gasteiger partial charge in [0, 0.05) is 6.42 Å². The maximum absolute atomic E-state index is 12.4. The molecule has 10 nitrogen and oxygen atoms in total. The number of nitrogens with zero attached hydrogens (tertiary/aromatic N) is 2. The van der Waals surface area contributed by atoms with E-state index >= 15 is 0 Å². The van der Waals surface area contributed by atoms with Gasteiger partial charge in [0.2, 0.25) is 23.5 Å². The number of carbonyl (C=O) groups is 3. The summed E-state index contributed by atoms with van der Waals surface area (Å²) >= 11 is 0. The Balaban J connectivity index is 1.22. The fourth-order valence-electron chi connectivity index (χ4n) is 3.14. The summed E-state index contributed by atoms with van der Waals surface area (Å²) in [5, 5.41) is 11.8. The number of ether oxygens (including phenoxy) is 1. The number of amides is 3.